The molecule has 0 saturated heterocycles. The summed E-state index contributed by atoms with van der Waals surface area (Å²) in [6.45, 7) is 1.99. The third-order valence-electron chi connectivity index (χ3n) is 4.92. The first-order valence-electron chi connectivity index (χ1n) is 9.54. The number of thiophene rings is 1. The maximum absolute atomic E-state index is 12.4. The first-order valence-corrected chi connectivity index (χ1v) is 10.4. The fraction of sp³-hybridized carbons (Fsp3) is 0.381. The molecular formula is C21H25N3O4S. The van der Waals surface area contributed by atoms with Gasteiger partial charge in [-0.15, -0.1) is 11.3 Å². The predicted molar refractivity (Wildman–Crippen MR) is 113 cm³/mol. The van der Waals surface area contributed by atoms with E-state index >= 15 is 0 Å². The molecule has 0 spiro atoms. The molecule has 1 heterocycles. The maximum Gasteiger partial charge on any atom is 0.281 e. The largest absolute Gasteiger partial charge is 0.493 e. The van der Waals surface area contributed by atoms with E-state index in [2.05, 4.69) is 17.5 Å². The Bertz CT molecular complexity index is 923. The highest BCUT2D eigenvalue weighted by molar-refractivity contribution is 7.14. The second-order valence-electron chi connectivity index (χ2n) is 6.94. The average Bonchev–Trinajstić information content (AvgIpc) is 3.15. The minimum Gasteiger partial charge on any atom is -0.493 e. The zero-order valence-corrected chi connectivity index (χ0v) is 17.4. The summed E-state index contributed by atoms with van der Waals surface area (Å²) in [5.41, 5.74) is 9.68. The van der Waals surface area contributed by atoms with Gasteiger partial charge < -0.3 is 15.2 Å². The van der Waals surface area contributed by atoms with Gasteiger partial charge in [0, 0.05) is 4.88 Å². The normalized spacial score (nSPS) is 15.7. The summed E-state index contributed by atoms with van der Waals surface area (Å²) in [6.07, 6.45) is 6.02. The molecule has 0 radical (unpaired) electrons. The number of hydrogen-bond acceptors (Lipinski definition) is 6. The predicted octanol–water partition coefficient (Wildman–Crippen LogP) is 2.90. The van der Waals surface area contributed by atoms with Gasteiger partial charge >= 0.3 is 0 Å². The van der Waals surface area contributed by atoms with Crippen LogP contribution in [0.25, 0.3) is 0 Å². The second-order valence-corrected chi connectivity index (χ2v) is 8.08. The van der Waals surface area contributed by atoms with Crippen molar-refractivity contribution >= 4 is 29.4 Å². The molecule has 3 N–H and O–H groups in total. The zero-order valence-electron chi connectivity index (χ0n) is 16.6. The second kappa shape index (κ2) is 9.56. The number of fused-ring (bicyclic) bond motifs is 1. The van der Waals surface area contributed by atoms with E-state index < -0.39 is 5.91 Å². The Kier molecular flexibility index (Phi) is 6.87. The van der Waals surface area contributed by atoms with Crippen LogP contribution in [-0.4, -0.2) is 31.7 Å². The molecule has 0 aliphatic heterocycles. The van der Waals surface area contributed by atoms with Gasteiger partial charge in [0.2, 0.25) is 0 Å². The van der Waals surface area contributed by atoms with Crippen LogP contribution in [0.1, 0.15) is 45.4 Å². The zero-order chi connectivity index (χ0) is 20.8. The molecule has 29 heavy (non-hydrogen) atoms. The van der Waals surface area contributed by atoms with Crippen LogP contribution in [0, 0.1) is 5.92 Å². The standard InChI is InChI=1S/C21H25N3O4S/c1-3-13-5-7-18-15(8-13)10-19(29-18)21(26)24-23-11-14-4-6-16(17(9-14)27-2)28-12-20(22)25/h4,6,9-11,13H,3,5,7-8,12H2,1-2H3,(H2,22,25)(H,24,26)/b23-11-/t13-/m1/s1. The molecule has 0 unspecified atom stereocenters. The number of carbonyl (C=O) groups excluding carboxylic acids is 2. The summed E-state index contributed by atoms with van der Waals surface area (Å²) in [4.78, 5) is 25.3. The van der Waals surface area contributed by atoms with E-state index in [0.29, 0.717) is 21.9 Å². The third-order valence-corrected chi connectivity index (χ3v) is 6.16. The van der Waals surface area contributed by atoms with Crippen LogP contribution in [0.4, 0.5) is 0 Å². The number of nitrogens with one attached hydrogen (secondary N) is 1. The average molecular weight is 416 g/mol. The van der Waals surface area contributed by atoms with Crippen LogP contribution < -0.4 is 20.6 Å². The van der Waals surface area contributed by atoms with Crippen molar-refractivity contribution in [2.75, 3.05) is 13.7 Å². The lowest BCUT2D eigenvalue weighted by Gasteiger charge is -2.19. The molecule has 1 atom stereocenters. The number of primary amides is 1. The molecule has 8 heteroatoms. The molecule has 1 aliphatic carbocycles. The number of ether oxygens (including phenoxy) is 2. The molecule has 7 nitrogen and oxygen atoms in total. The van der Waals surface area contributed by atoms with Gasteiger partial charge in [-0.25, -0.2) is 5.43 Å². The molecule has 0 saturated carbocycles. The Morgan fingerprint density at radius 2 is 2.17 bits per heavy atom. The number of nitrogens with two attached hydrogens (primary N) is 1. The van der Waals surface area contributed by atoms with Crippen molar-refractivity contribution in [2.45, 2.75) is 32.6 Å². The number of carbonyl (C=O) groups is 2. The van der Waals surface area contributed by atoms with Crippen molar-refractivity contribution < 1.29 is 19.1 Å². The molecule has 2 aromatic rings. The number of methoxy groups -OCH3 is 1. The molecule has 1 aliphatic rings. The topological polar surface area (TPSA) is 103 Å². The lowest BCUT2D eigenvalue weighted by molar-refractivity contribution is -0.119. The van der Waals surface area contributed by atoms with E-state index in [1.807, 2.05) is 6.07 Å². The highest BCUT2D eigenvalue weighted by atomic mass is 32.1. The lowest BCUT2D eigenvalue weighted by Crippen LogP contribution is -2.20. The molecule has 3 rings (SSSR count). The van der Waals surface area contributed by atoms with Gasteiger partial charge in [-0.05, 0) is 60.6 Å². The summed E-state index contributed by atoms with van der Waals surface area (Å²) >= 11 is 1.56. The fourth-order valence-corrected chi connectivity index (χ4v) is 4.41. The number of nitrogens with zero attached hydrogens (tertiary/aromatic N) is 1. The highest BCUT2D eigenvalue weighted by Gasteiger charge is 2.21. The van der Waals surface area contributed by atoms with E-state index in [0.717, 1.165) is 18.8 Å². The number of rotatable bonds is 8. The molecule has 0 bridgehead atoms. The third kappa shape index (κ3) is 5.35. The van der Waals surface area contributed by atoms with Crippen molar-refractivity contribution in [3.05, 3.63) is 45.1 Å². The molecule has 154 valence electrons. The summed E-state index contributed by atoms with van der Waals surface area (Å²) in [5.74, 6) is 0.791. The Hall–Kier alpha value is -2.87. The lowest BCUT2D eigenvalue weighted by atomic mass is 9.87. The Balaban J connectivity index is 1.61. The van der Waals surface area contributed by atoms with Gasteiger partial charge in [-0.3, -0.25) is 9.59 Å². The first kappa shape index (κ1) is 20.9. The van der Waals surface area contributed by atoms with E-state index in [9.17, 15) is 9.59 Å². The van der Waals surface area contributed by atoms with Crippen LogP contribution in [-0.2, 0) is 17.6 Å². The molecule has 2 amide bonds. The summed E-state index contributed by atoms with van der Waals surface area (Å²) in [7, 11) is 1.50. The van der Waals surface area contributed by atoms with Crippen molar-refractivity contribution in [3.63, 3.8) is 0 Å². The van der Waals surface area contributed by atoms with Gasteiger partial charge in [0.05, 0.1) is 18.2 Å². The molecule has 0 fully saturated rings. The van der Waals surface area contributed by atoms with Crippen LogP contribution in [0.3, 0.4) is 0 Å². The Labute approximate surface area is 173 Å². The summed E-state index contributed by atoms with van der Waals surface area (Å²) in [6, 6.07) is 7.09. The van der Waals surface area contributed by atoms with Crippen molar-refractivity contribution in [1.29, 1.82) is 0 Å². The van der Waals surface area contributed by atoms with Gasteiger partial charge in [-0.2, -0.15) is 5.10 Å². The highest BCUT2D eigenvalue weighted by Crippen LogP contribution is 2.33. The van der Waals surface area contributed by atoms with Gasteiger partial charge in [0.25, 0.3) is 11.8 Å². The minimum absolute atomic E-state index is 0.206. The fourth-order valence-electron chi connectivity index (χ4n) is 3.31. The van der Waals surface area contributed by atoms with E-state index in [1.165, 1.54) is 36.6 Å². The van der Waals surface area contributed by atoms with Gasteiger partial charge in [0.15, 0.2) is 18.1 Å². The van der Waals surface area contributed by atoms with E-state index in [1.54, 1.807) is 29.5 Å². The Morgan fingerprint density at radius 1 is 1.34 bits per heavy atom. The first-order chi connectivity index (χ1) is 14.0. The smallest absolute Gasteiger partial charge is 0.281 e. The van der Waals surface area contributed by atoms with Crippen LogP contribution in [0.2, 0.25) is 0 Å². The van der Waals surface area contributed by atoms with Gasteiger partial charge in [0.1, 0.15) is 0 Å². The number of aryl methyl sites for hydroxylation is 1. The van der Waals surface area contributed by atoms with Gasteiger partial charge in [-0.1, -0.05) is 13.3 Å². The molecular weight excluding hydrogens is 390 g/mol. The SMILES string of the molecule is CC[C@@H]1CCc2sc(C(=O)N/N=C\c3ccc(OCC(N)=O)c(OC)c3)cc2C1. The quantitative estimate of drug-likeness (QED) is 0.511. The summed E-state index contributed by atoms with van der Waals surface area (Å²) < 4.78 is 10.5. The van der Waals surface area contributed by atoms with Crippen LogP contribution >= 0.6 is 11.3 Å². The summed E-state index contributed by atoms with van der Waals surface area (Å²) in [5, 5.41) is 4.05. The van der Waals surface area contributed by atoms with Crippen molar-refractivity contribution in [1.82, 2.24) is 5.43 Å². The van der Waals surface area contributed by atoms with Crippen LogP contribution in [0.15, 0.2) is 29.4 Å². The maximum atomic E-state index is 12.4. The van der Waals surface area contributed by atoms with Crippen molar-refractivity contribution in [2.24, 2.45) is 16.8 Å². The molecule has 1 aromatic heterocycles. The van der Waals surface area contributed by atoms with Crippen molar-refractivity contribution in [3.8, 4) is 11.5 Å². The number of hydrazone groups is 1. The minimum atomic E-state index is -0.569. The number of benzene rings is 1. The van der Waals surface area contributed by atoms with Crippen LogP contribution in [0.5, 0.6) is 11.5 Å². The number of hydrogen-bond donors (Lipinski definition) is 2. The van der Waals surface area contributed by atoms with E-state index in [4.69, 9.17) is 15.2 Å². The van der Waals surface area contributed by atoms with E-state index in [-0.39, 0.29) is 12.5 Å². The molecule has 1 aromatic carbocycles. The number of amides is 2. The monoisotopic (exact) mass is 415 g/mol. The Morgan fingerprint density at radius 3 is 2.90 bits per heavy atom.